The summed E-state index contributed by atoms with van der Waals surface area (Å²) < 4.78 is 5.26. The molecule has 1 amide bonds. The fourth-order valence-corrected chi connectivity index (χ4v) is 2.60. The maximum absolute atomic E-state index is 12.5. The summed E-state index contributed by atoms with van der Waals surface area (Å²) >= 11 is 6.04. The molecule has 1 fully saturated rings. The molecule has 0 unspecified atom stereocenters. The highest BCUT2D eigenvalue weighted by Gasteiger charge is 2.25. The van der Waals surface area contributed by atoms with Gasteiger partial charge in [-0.1, -0.05) is 17.7 Å². The predicted molar refractivity (Wildman–Crippen MR) is 78.7 cm³/mol. The molecule has 21 heavy (non-hydrogen) atoms. The van der Waals surface area contributed by atoms with Gasteiger partial charge in [-0.2, -0.15) is 0 Å². The van der Waals surface area contributed by atoms with Crippen LogP contribution in [0.5, 0.6) is 0 Å². The lowest BCUT2D eigenvalue weighted by Gasteiger charge is -2.32. The molecular weight excluding hydrogens is 294 g/mol. The third kappa shape index (κ3) is 3.95. The highest BCUT2D eigenvalue weighted by atomic mass is 35.5. The summed E-state index contributed by atoms with van der Waals surface area (Å²) in [4.78, 5) is 24.7. The van der Waals surface area contributed by atoms with E-state index in [1.54, 1.807) is 23.1 Å². The number of benzene rings is 1. The van der Waals surface area contributed by atoms with E-state index in [2.05, 4.69) is 0 Å². The fourth-order valence-electron chi connectivity index (χ4n) is 2.42. The van der Waals surface area contributed by atoms with Crippen molar-refractivity contribution in [3.63, 3.8) is 0 Å². The van der Waals surface area contributed by atoms with Gasteiger partial charge in [0, 0.05) is 23.7 Å². The molecule has 2 rings (SSSR count). The van der Waals surface area contributed by atoms with Crippen molar-refractivity contribution < 1.29 is 19.4 Å². The third-order valence-electron chi connectivity index (χ3n) is 3.67. The molecule has 1 aliphatic heterocycles. The molecule has 0 aromatic heterocycles. The van der Waals surface area contributed by atoms with Gasteiger partial charge in [-0.3, -0.25) is 4.79 Å². The minimum absolute atomic E-state index is 0.0355. The van der Waals surface area contributed by atoms with Crippen molar-refractivity contribution in [1.82, 2.24) is 4.90 Å². The van der Waals surface area contributed by atoms with Crippen LogP contribution in [0.1, 0.15) is 28.8 Å². The summed E-state index contributed by atoms with van der Waals surface area (Å²) in [6.45, 7) is 2.68. The molecule has 0 aliphatic carbocycles. The Morgan fingerprint density at radius 1 is 1.38 bits per heavy atom. The number of amides is 1. The summed E-state index contributed by atoms with van der Waals surface area (Å²) in [5.74, 6) is -1.00. The van der Waals surface area contributed by atoms with E-state index in [9.17, 15) is 9.59 Å². The third-order valence-corrected chi connectivity index (χ3v) is 4.08. The molecule has 6 heteroatoms. The zero-order valence-electron chi connectivity index (χ0n) is 11.8. The second kappa shape index (κ2) is 6.91. The van der Waals surface area contributed by atoms with E-state index in [4.69, 9.17) is 21.4 Å². The maximum atomic E-state index is 12.5. The van der Waals surface area contributed by atoms with Gasteiger partial charge in [-0.05, 0) is 37.5 Å². The number of piperidine rings is 1. The molecule has 0 saturated carbocycles. The Morgan fingerprint density at radius 3 is 2.67 bits per heavy atom. The molecular formula is C15H18ClNO4. The Kier molecular flexibility index (Phi) is 5.20. The Hall–Kier alpha value is -1.59. The zero-order chi connectivity index (χ0) is 15.4. The summed E-state index contributed by atoms with van der Waals surface area (Å²) in [6.07, 6.45) is 1.21. The van der Waals surface area contributed by atoms with Gasteiger partial charge < -0.3 is 14.7 Å². The van der Waals surface area contributed by atoms with Gasteiger partial charge in [0.1, 0.15) is 6.61 Å². The average molecular weight is 312 g/mol. The fraction of sp³-hybridized carbons (Fsp3) is 0.467. The number of rotatable bonds is 4. The van der Waals surface area contributed by atoms with Gasteiger partial charge in [-0.15, -0.1) is 0 Å². The van der Waals surface area contributed by atoms with Crippen LogP contribution in [-0.4, -0.2) is 47.7 Å². The highest BCUT2D eigenvalue weighted by molar-refractivity contribution is 6.31. The number of hydrogen-bond acceptors (Lipinski definition) is 3. The summed E-state index contributed by atoms with van der Waals surface area (Å²) in [5.41, 5.74) is 1.40. The molecule has 0 spiro atoms. The van der Waals surface area contributed by atoms with Gasteiger partial charge in [0.25, 0.3) is 5.91 Å². The van der Waals surface area contributed by atoms with Crippen LogP contribution < -0.4 is 0 Å². The monoisotopic (exact) mass is 311 g/mol. The smallest absolute Gasteiger partial charge is 0.329 e. The number of carboxylic acid groups (broad SMARTS) is 1. The van der Waals surface area contributed by atoms with Crippen LogP contribution in [0, 0.1) is 6.92 Å². The summed E-state index contributed by atoms with van der Waals surface area (Å²) in [7, 11) is 0. The van der Waals surface area contributed by atoms with Crippen LogP contribution in [0.4, 0.5) is 0 Å². The first-order chi connectivity index (χ1) is 9.99. The van der Waals surface area contributed by atoms with Crippen LogP contribution in [-0.2, 0) is 9.53 Å². The minimum Gasteiger partial charge on any atom is -0.480 e. The van der Waals surface area contributed by atoms with E-state index < -0.39 is 5.97 Å². The number of nitrogens with zero attached hydrogens (tertiary/aromatic N) is 1. The van der Waals surface area contributed by atoms with Crippen molar-refractivity contribution in [2.45, 2.75) is 25.9 Å². The molecule has 1 aliphatic rings. The van der Waals surface area contributed by atoms with E-state index in [0.29, 0.717) is 36.5 Å². The molecule has 1 N–H and O–H groups in total. The number of carbonyl (C=O) groups is 2. The van der Waals surface area contributed by atoms with Crippen LogP contribution in [0.3, 0.4) is 0 Å². The first-order valence-electron chi connectivity index (χ1n) is 6.87. The van der Waals surface area contributed by atoms with E-state index in [1.165, 1.54) is 0 Å². The minimum atomic E-state index is -0.969. The molecule has 1 heterocycles. The number of hydrogen-bond donors (Lipinski definition) is 1. The van der Waals surface area contributed by atoms with Crippen LogP contribution in [0.2, 0.25) is 5.02 Å². The van der Waals surface area contributed by atoms with Crippen molar-refractivity contribution in [2.24, 2.45) is 0 Å². The molecule has 1 aromatic carbocycles. The molecule has 0 bridgehead atoms. The lowest BCUT2D eigenvalue weighted by atomic mass is 10.0. The molecule has 114 valence electrons. The molecule has 0 atom stereocenters. The highest BCUT2D eigenvalue weighted by Crippen LogP contribution is 2.22. The second-order valence-corrected chi connectivity index (χ2v) is 5.52. The molecule has 0 radical (unpaired) electrons. The van der Waals surface area contributed by atoms with Crippen LogP contribution in [0.25, 0.3) is 0 Å². The number of carbonyl (C=O) groups excluding carboxylic acids is 1. The lowest BCUT2D eigenvalue weighted by Crippen LogP contribution is -2.41. The Labute approximate surface area is 128 Å². The SMILES string of the molecule is Cc1c(Cl)cccc1C(=O)N1CCC(OCC(=O)O)CC1. The number of likely N-dealkylation sites (tertiary alicyclic amines) is 1. The first-order valence-corrected chi connectivity index (χ1v) is 7.24. The Balaban J connectivity index is 1.94. The average Bonchev–Trinajstić information content (AvgIpc) is 2.48. The molecule has 1 saturated heterocycles. The summed E-state index contributed by atoms with van der Waals surface area (Å²) in [6, 6.07) is 5.31. The van der Waals surface area contributed by atoms with E-state index in [0.717, 1.165) is 5.56 Å². The van der Waals surface area contributed by atoms with Gasteiger partial charge >= 0.3 is 5.97 Å². The summed E-state index contributed by atoms with van der Waals surface area (Å²) in [5, 5.41) is 9.17. The topological polar surface area (TPSA) is 66.8 Å². The molecule has 1 aromatic rings. The van der Waals surface area contributed by atoms with Gasteiger partial charge in [0.15, 0.2) is 0 Å². The first kappa shape index (κ1) is 15.8. The van der Waals surface area contributed by atoms with Crippen molar-refractivity contribution in [2.75, 3.05) is 19.7 Å². The maximum Gasteiger partial charge on any atom is 0.329 e. The van der Waals surface area contributed by atoms with Crippen LogP contribution >= 0.6 is 11.6 Å². The zero-order valence-corrected chi connectivity index (χ0v) is 12.6. The van der Waals surface area contributed by atoms with Gasteiger partial charge in [0.2, 0.25) is 0 Å². The van der Waals surface area contributed by atoms with Crippen molar-refractivity contribution in [3.8, 4) is 0 Å². The molecule has 5 nitrogen and oxygen atoms in total. The Bertz CT molecular complexity index is 538. The Morgan fingerprint density at radius 2 is 2.05 bits per heavy atom. The van der Waals surface area contributed by atoms with Crippen molar-refractivity contribution in [3.05, 3.63) is 34.3 Å². The number of aliphatic carboxylic acids is 1. The quantitative estimate of drug-likeness (QED) is 0.927. The van der Waals surface area contributed by atoms with E-state index in [-0.39, 0.29) is 18.6 Å². The van der Waals surface area contributed by atoms with Crippen molar-refractivity contribution in [1.29, 1.82) is 0 Å². The standard InChI is InChI=1S/C15H18ClNO4/c1-10-12(3-2-4-13(10)16)15(20)17-7-5-11(6-8-17)21-9-14(18)19/h2-4,11H,5-9H2,1H3,(H,18,19). The lowest BCUT2D eigenvalue weighted by molar-refractivity contribution is -0.145. The van der Waals surface area contributed by atoms with E-state index in [1.807, 2.05) is 6.92 Å². The predicted octanol–water partition coefficient (Wildman–Crippen LogP) is 2.35. The normalized spacial score (nSPS) is 16.0. The van der Waals surface area contributed by atoms with E-state index >= 15 is 0 Å². The second-order valence-electron chi connectivity index (χ2n) is 5.11. The largest absolute Gasteiger partial charge is 0.480 e. The van der Waals surface area contributed by atoms with Crippen LogP contribution in [0.15, 0.2) is 18.2 Å². The number of halogens is 1. The number of ether oxygens (including phenoxy) is 1. The van der Waals surface area contributed by atoms with Crippen molar-refractivity contribution >= 4 is 23.5 Å². The number of carboxylic acids is 1. The van der Waals surface area contributed by atoms with Gasteiger partial charge in [-0.25, -0.2) is 4.79 Å². The van der Waals surface area contributed by atoms with Gasteiger partial charge in [0.05, 0.1) is 6.10 Å².